The van der Waals surface area contributed by atoms with Gasteiger partial charge in [0.1, 0.15) is 16.7 Å². The topological polar surface area (TPSA) is 26.3 Å². The number of rotatable bonds is 2. The fraction of sp³-hybridized carbons (Fsp3) is 0. The molecule has 2 heterocycles. The molecule has 0 aliphatic heterocycles. The van der Waals surface area contributed by atoms with Gasteiger partial charge >= 0.3 is 0 Å². The molecule has 0 fully saturated rings. The lowest BCUT2D eigenvalue weighted by atomic mass is 9.85. The summed E-state index contributed by atoms with van der Waals surface area (Å²) in [5.41, 5.74) is 7.44. The summed E-state index contributed by atoms with van der Waals surface area (Å²) in [5, 5.41) is 10.8. The normalized spacial score (nSPS) is 12.0. The van der Waals surface area contributed by atoms with E-state index in [-0.39, 0.29) is 0 Å². The van der Waals surface area contributed by atoms with Gasteiger partial charge in [0.2, 0.25) is 0 Å². The highest BCUT2D eigenvalue weighted by atomic mass is 16.3. The molecule has 0 saturated heterocycles. The van der Waals surface area contributed by atoms with Crippen LogP contribution in [0.25, 0.3) is 87.5 Å². The van der Waals surface area contributed by atoms with E-state index in [4.69, 9.17) is 8.83 Å². The number of benzene rings is 7. The second-order valence-electron chi connectivity index (χ2n) is 10.5. The summed E-state index contributed by atoms with van der Waals surface area (Å²) >= 11 is 0. The maximum atomic E-state index is 6.39. The maximum Gasteiger partial charge on any atom is 0.139 e. The van der Waals surface area contributed by atoms with Crippen molar-refractivity contribution in [3.63, 3.8) is 0 Å². The van der Waals surface area contributed by atoms with Crippen LogP contribution in [0.15, 0.2) is 142 Å². The minimum atomic E-state index is 0.841. The van der Waals surface area contributed by atoms with Crippen LogP contribution >= 0.6 is 0 Å². The molecule has 2 aromatic heterocycles. The van der Waals surface area contributed by atoms with Crippen LogP contribution in [-0.4, -0.2) is 0 Å². The molecule has 0 aliphatic rings. The van der Waals surface area contributed by atoms with Gasteiger partial charge in [0.25, 0.3) is 0 Å². The summed E-state index contributed by atoms with van der Waals surface area (Å²) in [5.74, 6) is 0. The molecule has 0 aliphatic carbocycles. The van der Waals surface area contributed by atoms with Gasteiger partial charge < -0.3 is 8.83 Å². The molecular formula is C38H22O2. The van der Waals surface area contributed by atoms with Crippen molar-refractivity contribution in [2.24, 2.45) is 0 Å². The minimum absolute atomic E-state index is 0.841. The van der Waals surface area contributed by atoms with E-state index in [9.17, 15) is 0 Å². The summed E-state index contributed by atoms with van der Waals surface area (Å²) in [6.07, 6.45) is 1.72. The molecule has 7 aromatic carbocycles. The molecule has 0 radical (unpaired) electrons. The molecule has 0 bridgehead atoms. The fourth-order valence-electron chi connectivity index (χ4n) is 6.48. The minimum Gasteiger partial charge on any atom is -0.464 e. The largest absolute Gasteiger partial charge is 0.464 e. The molecule has 0 unspecified atom stereocenters. The predicted octanol–water partition coefficient (Wildman–Crippen LogP) is 11.1. The van der Waals surface area contributed by atoms with Crippen LogP contribution in [0.2, 0.25) is 0 Å². The molecule has 0 amide bonds. The molecule has 9 rings (SSSR count). The third kappa shape index (κ3) is 3.05. The first-order valence-corrected chi connectivity index (χ1v) is 13.6. The van der Waals surface area contributed by atoms with Gasteiger partial charge in [0.15, 0.2) is 0 Å². The Hall–Kier alpha value is -5.34. The predicted molar refractivity (Wildman–Crippen MR) is 167 cm³/mol. The maximum absolute atomic E-state index is 6.39. The van der Waals surface area contributed by atoms with Gasteiger partial charge in [-0.2, -0.15) is 0 Å². The van der Waals surface area contributed by atoms with Gasteiger partial charge in [-0.25, -0.2) is 0 Å². The lowest BCUT2D eigenvalue weighted by Crippen LogP contribution is -1.91. The van der Waals surface area contributed by atoms with Gasteiger partial charge in [0, 0.05) is 22.2 Å². The first-order chi connectivity index (χ1) is 19.8. The highest BCUT2D eigenvalue weighted by Crippen LogP contribution is 2.45. The number of hydrogen-bond acceptors (Lipinski definition) is 2. The van der Waals surface area contributed by atoms with Gasteiger partial charge in [0.05, 0.1) is 6.26 Å². The molecule has 0 spiro atoms. The number of furan rings is 2. The first-order valence-electron chi connectivity index (χ1n) is 13.6. The van der Waals surface area contributed by atoms with Gasteiger partial charge in [-0.05, 0) is 84.9 Å². The van der Waals surface area contributed by atoms with E-state index in [1.54, 1.807) is 6.26 Å². The molecule has 40 heavy (non-hydrogen) atoms. The number of hydrogen-bond donors (Lipinski definition) is 0. The fourth-order valence-corrected chi connectivity index (χ4v) is 6.48. The highest BCUT2D eigenvalue weighted by Gasteiger charge is 2.18. The average molecular weight is 511 g/mol. The van der Waals surface area contributed by atoms with Crippen LogP contribution in [-0.2, 0) is 0 Å². The van der Waals surface area contributed by atoms with Crippen LogP contribution in [0.5, 0.6) is 0 Å². The molecule has 2 nitrogen and oxygen atoms in total. The zero-order chi connectivity index (χ0) is 26.2. The van der Waals surface area contributed by atoms with E-state index in [1.165, 1.54) is 49.0 Å². The Morgan fingerprint density at radius 2 is 0.950 bits per heavy atom. The van der Waals surface area contributed by atoms with E-state index in [2.05, 4.69) is 115 Å². The Labute approximate surface area is 229 Å². The Morgan fingerprint density at radius 1 is 0.350 bits per heavy atom. The van der Waals surface area contributed by atoms with Crippen molar-refractivity contribution in [1.82, 2.24) is 0 Å². The smallest absolute Gasteiger partial charge is 0.139 e. The molecule has 2 heteroatoms. The third-order valence-corrected chi connectivity index (χ3v) is 8.30. The van der Waals surface area contributed by atoms with E-state index >= 15 is 0 Å². The van der Waals surface area contributed by atoms with E-state index in [0.29, 0.717) is 0 Å². The quantitative estimate of drug-likeness (QED) is 0.216. The Balaban J connectivity index is 1.35. The van der Waals surface area contributed by atoms with Crippen LogP contribution in [0.3, 0.4) is 0 Å². The van der Waals surface area contributed by atoms with Crippen molar-refractivity contribution >= 4 is 65.2 Å². The second-order valence-corrected chi connectivity index (χ2v) is 10.5. The molecule has 9 aromatic rings. The Bertz CT molecular complexity index is 2380. The van der Waals surface area contributed by atoms with Crippen molar-refractivity contribution in [1.29, 1.82) is 0 Å². The molecule has 0 saturated carbocycles. The Morgan fingerprint density at radius 3 is 1.68 bits per heavy atom. The van der Waals surface area contributed by atoms with Crippen molar-refractivity contribution in [2.75, 3.05) is 0 Å². The van der Waals surface area contributed by atoms with E-state index in [1.807, 2.05) is 12.1 Å². The van der Waals surface area contributed by atoms with Crippen LogP contribution in [0.1, 0.15) is 0 Å². The van der Waals surface area contributed by atoms with Gasteiger partial charge in [-0.15, -0.1) is 0 Å². The standard InChI is InChI=1S/C38H22O2/c1-2-8-24-19-26(14-13-23(24)7-1)37-29-9-3-5-11-31(29)38(32-12-6-4-10-30(32)37)27-15-16-28-33-20-25-17-18-39-34(25)22-36(33)40-35(28)21-27/h1-22H. The van der Waals surface area contributed by atoms with Crippen molar-refractivity contribution in [3.05, 3.63) is 134 Å². The van der Waals surface area contributed by atoms with E-state index in [0.717, 1.165) is 38.5 Å². The molecular weight excluding hydrogens is 488 g/mol. The van der Waals surface area contributed by atoms with Gasteiger partial charge in [-0.1, -0.05) is 91.0 Å². The lowest BCUT2D eigenvalue weighted by molar-refractivity contribution is 0.613. The summed E-state index contributed by atoms with van der Waals surface area (Å²) in [4.78, 5) is 0. The highest BCUT2D eigenvalue weighted by molar-refractivity contribution is 6.22. The molecule has 0 atom stereocenters. The Kier molecular flexibility index (Phi) is 4.36. The summed E-state index contributed by atoms with van der Waals surface area (Å²) in [7, 11) is 0. The SMILES string of the molecule is c1ccc2cc(-c3c4ccccc4c(-c4ccc5c(c4)oc4cc6occc6cc45)c4ccccc34)ccc2c1. The zero-order valence-corrected chi connectivity index (χ0v) is 21.5. The average Bonchev–Trinajstić information content (AvgIpc) is 3.61. The van der Waals surface area contributed by atoms with Crippen LogP contribution < -0.4 is 0 Å². The van der Waals surface area contributed by atoms with Crippen LogP contribution in [0, 0.1) is 0 Å². The van der Waals surface area contributed by atoms with Crippen molar-refractivity contribution in [3.8, 4) is 22.3 Å². The third-order valence-electron chi connectivity index (χ3n) is 8.30. The second kappa shape index (κ2) is 8.08. The van der Waals surface area contributed by atoms with Crippen molar-refractivity contribution < 1.29 is 8.83 Å². The molecule has 0 N–H and O–H groups in total. The lowest BCUT2D eigenvalue weighted by Gasteiger charge is -2.18. The van der Waals surface area contributed by atoms with Gasteiger partial charge in [-0.3, -0.25) is 0 Å². The van der Waals surface area contributed by atoms with Crippen molar-refractivity contribution in [2.45, 2.75) is 0 Å². The summed E-state index contributed by atoms with van der Waals surface area (Å²) < 4.78 is 12.0. The summed E-state index contributed by atoms with van der Waals surface area (Å²) in [6, 6.07) is 45.7. The molecule has 186 valence electrons. The summed E-state index contributed by atoms with van der Waals surface area (Å²) in [6.45, 7) is 0. The van der Waals surface area contributed by atoms with Crippen LogP contribution in [0.4, 0.5) is 0 Å². The monoisotopic (exact) mass is 510 g/mol. The number of fused-ring (bicyclic) bond motifs is 7. The zero-order valence-electron chi connectivity index (χ0n) is 21.5. The van der Waals surface area contributed by atoms with E-state index < -0.39 is 0 Å². The first kappa shape index (κ1) is 21.6.